The number of nitrogens with one attached hydrogen (secondary N) is 1. The standard InChI is InChI=1S/C16H16N2O3/c1-20-11-7-8-13-12(9-11)18-16(19)14(17)15(21-13)10-5-3-2-4-6-10/h2-9,14-15H,17H2,1H3,(H,18,19)/t14-,15+/m0/s1. The average molecular weight is 284 g/mol. The van der Waals surface area contributed by atoms with Gasteiger partial charge < -0.3 is 20.5 Å². The van der Waals surface area contributed by atoms with E-state index in [1.165, 1.54) is 0 Å². The van der Waals surface area contributed by atoms with Gasteiger partial charge in [0.2, 0.25) is 5.91 Å². The van der Waals surface area contributed by atoms with Crippen LogP contribution in [0.5, 0.6) is 11.5 Å². The third-order valence-corrected chi connectivity index (χ3v) is 3.46. The first kappa shape index (κ1) is 13.5. The molecule has 0 unspecified atom stereocenters. The number of ether oxygens (including phenoxy) is 2. The maximum Gasteiger partial charge on any atom is 0.245 e. The third kappa shape index (κ3) is 2.55. The second-order valence-corrected chi connectivity index (χ2v) is 4.83. The maximum atomic E-state index is 12.2. The molecule has 3 rings (SSSR count). The normalized spacial score (nSPS) is 20.8. The van der Waals surface area contributed by atoms with E-state index >= 15 is 0 Å². The highest BCUT2D eigenvalue weighted by Gasteiger charge is 2.32. The molecule has 5 nitrogen and oxygen atoms in total. The van der Waals surface area contributed by atoms with E-state index in [-0.39, 0.29) is 5.91 Å². The van der Waals surface area contributed by atoms with E-state index in [1.54, 1.807) is 25.3 Å². The second-order valence-electron chi connectivity index (χ2n) is 4.83. The molecule has 1 heterocycles. The molecule has 0 aliphatic carbocycles. The van der Waals surface area contributed by atoms with Gasteiger partial charge in [0.25, 0.3) is 0 Å². The summed E-state index contributed by atoms with van der Waals surface area (Å²) < 4.78 is 11.1. The van der Waals surface area contributed by atoms with Gasteiger partial charge in [-0.1, -0.05) is 30.3 Å². The summed E-state index contributed by atoms with van der Waals surface area (Å²) in [5.74, 6) is 0.936. The van der Waals surface area contributed by atoms with Gasteiger partial charge in [-0.05, 0) is 17.7 Å². The monoisotopic (exact) mass is 284 g/mol. The van der Waals surface area contributed by atoms with Crippen molar-refractivity contribution < 1.29 is 14.3 Å². The van der Waals surface area contributed by atoms with Crippen molar-refractivity contribution in [2.75, 3.05) is 12.4 Å². The van der Waals surface area contributed by atoms with Gasteiger partial charge in [-0.25, -0.2) is 0 Å². The lowest BCUT2D eigenvalue weighted by Gasteiger charge is -2.21. The molecule has 2 atom stereocenters. The second kappa shape index (κ2) is 5.46. The van der Waals surface area contributed by atoms with Crippen molar-refractivity contribution in [2.24, 2.45) is 5.73 Å². The molecular weight excluding hydrogens is 268 g/mol. The predicted octanol–water partition coefficient (Wildman–Crippen LogP) is 2.09. The topological polar surface area (TPSA) is 73.6 Å². The smallest absolute Gasteiger partial charge is 0.245 e. The van der Waals surface area contributed by atoms with E-state index in [0.717, 1.165) is 5.56 Å². The molecule has 21 heavy (non-hydrogen) atoms. The Balaban J connectivity index is 2.01. The highest BCUT2D eigenvalue weighted by Crippen LogP contribution is 2.36. The Morgan fingerprint density at radius 3 is 2.67 bits per heavy atom. The summed E-state index contributed by atoms with van der Waals surface area (Å²) in [5, 5.41) is 2.78. The Labute approximate surface area is 122 Å². The molecule has 5 heteroatoms. The van der Waals surface area contributed by atoms with Crippen LogP contribution < -0.4 is 20.5 Å². The molecule has 0 spiro atoms. The van der Waals surface area contributed by atoms with E-state index < -0.39 is 12.1 Å². The van der Waals surface area contributed by atoms with Crippen molar-refractivity contribution in [2.45, 2.75) is 12.1 Å². The molecule has 1 aliphatic heterocycles. The zero-order valence-corrected chi connectivity index (χ0v) is 11.6. The van der Waals surface area contributed by atoms with Crippen LogP contribution in [-0.2, 0) is 4.79 Å². The number of nitrogens with two attached hydrogens (primary N) is 1. The van der Waals surface area contributed by atoms with Crippen LogP contribution in [-0.4, -0.2) is 19.1 Å². The molecule has 2 aromatic carbocycles. The van der Waals surface area contributed by atoms with E-state index in [4.69, 9.17) is 15.2 Å². The molecule has 0 radical (unpaired) electrons. The van der Waals surface area contributed by atoms with Gasteiger partial charge in [0.15, 0.2) is 0 Å². The zero-order chi connectivity index (χ0) is 14.8. The summed E-state index contributed by atoms with van der Waals surface area (Å²) in [7, 11) is 1.57. The average Bonchev–Trinajstić information content (AvgIpc) is 2.65. The Hall–Kier alpha value is -2.53. The minimum absolute atomic E-state index is 0.282. The van der Waals surface area contributed by atoms with Crippen molar-refractivity contribution >= 4 is 11.6 Å². The first-order valence-electron chi connectivity index (χ1n) is 6.65. The van der Waals surface area contributed by atoms with Gasteiger partial charge in [-0.15, -0.1) is 0 Å². The maximum absolute atomic E-state index is 12.2. The number of methoxy groups -OCH3 is 1. The van der Waals surface area contributed by atoms with Crippen LogP contribution >= 0.6 is 0 Å². The van der Waals surface area contributed by atoms with Crippen molar-refractivity contribution in [1.29, 1.82) is 0 Å². The number of rotatable bonds is 2. The molecule has 0 aromatic heterocycles. The Bertz CT molecular complexity index is 658. The number of carbonyl (C=O) groups is 1. The van der Waals surface area contributed by atoms with Gasteiger partial charge in [-0.2, -0.15) is 0 Å². The number of hydrogen-bond donors (Lipinski definition) is 2. The van der Waals surface area contributed by atoms with Crippen LogP contribution in [0.2, 0.25) is 0 Å². The van der Waals surface area contributed by atoms with E-state index in [1.807, 2.05) is 30.3 Å². The fourth-order valence-electron chi connectivity index (χ4n) is 2.32. The lowest BCUT2D eigenvalue weighted by Crippen LogP contribution is -2.41. The van der Waals surface area contributed by atoms with Crippen LogP contribution in [0.3, 0.4) is 0 Å². The molecule has 3 N–H and O–H groups in total. The minimum atomic E-state index is -0.786. The molecule has 1 aliphatic rings. The van der Waals surface area contributed by atoms with E-state index in [9.17, 15) is 4.79 Å². The van der Waals surface area contributed by atoms with Gasteiger partial charge in [-0.3, -0.25) is 4.79 Å². The SMILES string of the molecule is COc1ccc2c(c1)NC(=O)[C@@H](N)[C@@H](c1ccccc1)O2. The van der Waals surface area contributed by atoms with Crippen LogP contribution in [0, 0.1) is 0 Å². The van der Waals surface area contributed by atoms with E-state index in [0.29, 0.717) is 17.2 Å². The predicted molar refractivity (Wildman–Crippen MR) is 79.4 cm³/mol. The first-order valence-corrected chi connectivity index (χ1v) is 6.65. The molecule has 108 valence electrons. The first-order chi connectivity index (χ1) is 10.2. The molecule has 1 amide bonds. The minimum Gasteiger partial charge on any atom is -0.497 e. The highest BCUT2D eigenvalue weighted by molar-refractivity contribution is 5.97. The number of carbonyl (C=O) groups excluding carboxylic acids is 1. The Morgan fingerprint density at radius 1 is 1.19 bits per heavy atom. The number of anilines is 1. The number of hydrogen-bond acceptors (Lipinski definition) is 4. The third-order valence-electron chi connectivity index (χ3n) is 3.46. The summed E-state index contributed by atoms with van der Waals surface area (Å²) in [6.45, 7) is 0. The van der Waals surface area contributed by atoms with Crippen LogP contribution in [0.4, 0.5) is 5.69 Å². The van der Waals surface area contributed by atoms with Crippen LogP contribution in [0.25, 0.3) is 0 Å². The number of benzene rings is 2. The Morgan fingerprint density at radius 2 is 1.95 bits per heavy atom. The summed E-state index contributed by atoms with van der Waals surface area (Å²) in [4.78, 5) is 12.2. The zero-order valence-electron chi connectivity index (χ0n) is 11.6. The van der Waals surface area contributed by atoms with Gasteiger partial charge in [0, 0.05) is 6.07 Å². The van der Waals surface area contributed by atoms with Crippen molar-refractivity contribution in [3.63, 3.8) is 0 Å². The molecule has 0 saturated carbocycles. The van der Waals surface area contributed by atoms with Crippen molar-refractivity contribution in [3.05, 3.63) is 54.1 Å². The summed E-state index contributed by atoms with van der Waals surface area (Å²) >= 11 is 0. The van der Waals surface area contributed by atoms with Crippen LogP contribution in [0.1, 0.15) is 11.7 Å². The largest absolute Gasteiger partial charge is 0.497 e. The molecule has 0 bridgehead atoms. The Kier molecular flexibility index (Phi) is 3.50. The van der Waals surface area contributed by atoms with Gasteiger partial charge in [0.1, 0.15) is 23.6 Å². The molecule has 0 saturated heterocycles. The van der Waals surface area contributed by atoms with Crippen molar-refractivity contribution in [3.8, 4) is 11.5 Å². The highest BCUT2D eigenvalue weighted by atomic mass is 16.5. The summed E-state index contributed by atoms with van der Waals surface area (Å²) in [6, 6.07) is 14.0. The van der Waals surface area contributed by atoms with Crippen molar-refractivity contribution in [1.82, 2.24) is 0 Å². The number of amides is 1. The van der Waals surface area contributed by atoms with Gasteiger partial charge in [0.05, 0.1) is 12.8 Å². The molecular formula is C16H16N2O3. The summed E-state index contributed by atoms with van der Waals surface area (Å²) in [6.07, 6.45) is -0.527. The van der Waals surface area contributed by atoms with Crippen LogP contribution in [0.15, 0.2) is 48.5 Å². The summed E-state index contributed by atoms with van der Waals surface area (Å²) in [5.41, 5.74) is 7.46. The van der Waals surface area contributed by atoms with E-state index in [2.05, 4.69) is 5.32 Å². The fourth-order valence-corrected chi connectivity index (χ4v) is 2.32. The quantitative estimate of drug-likeness (QED) is 0.885. The molecule has 2 aromatic rings. The number of fused-ring (bicyclic) bond motifs is 1. The lowest BCUT2D eigenvalue weighted by atomic mass is 10.0. The fraction of sp³-hybridized carbons (Fsp3) is 0.188. The van der Waals surface area contributed by atoms with Gasteiger partial charge >= 0.3 is 0 Å². The molecule has 0 fully saturated rings. The lowest BCUT2D eigenvalue weighted by molar-refractivity contribution is -0.119.